The molecule has 0 unspecified atom stereocenters. The van der Waals surface area contributed by atoms with Crippen LogP contribution in [0.25, 0.3) is 10.8 Å². The molecule has 18 heavy (non-hydrogen) atoms. The van der Waals surface area contributed by atoms with Crippen molar-refractivity contribution in [2.75, 3.05) is 0 Å². The van der Waals surface area contributed by atoms with Gasteiger partial charge >= 0.3 is 119 Å². The topological polar surface area (TPSA) is 23.8 Å². The summed E-state index contributed by atoms with van der Waals surface area (Å²) in [6.07, 6.45) is 0.512. The van der Waals surface area contributed by atoms with Crippen molar-refractivity contribution < 1.29 is 0 Å². The van der Waals surface area contributed by atoms with Gasteiger partial charge in [-0.3, -0.25) is 0 Å². The molecule has 2 rings (SSSR count). The van der Waals surface area contributed by atoms with Crippen LogP contribution in [-0.4, -0.2) is 21.1 Å². The molecule has 2 aromatic carbocycles. The Morgan fingerprint density at radius 3 is 2.39 bits per heavy atom. The zero-order valence-corrected chi connectivity index (χ0v) is 14.0. The first-order valence-corrected chi connectivity index (χ1v) is 9.02. The van der Waals surface area contributed by atoms with Crippen LogP contribution in [-0.2, 0) is 6.42 Å². The van der Waals surface area contributed by atoms with Crippen LogP contribution in [0.2, 0.25) is 3.43 Å². The normalized spacial score (nSPS) is 11.4. The zero-order valence-electron chi connectivity index (χ0n) is 11.1. The van der Waals surface area contributed by atoms with Crippen LogP contribution < -0.4 is 3.58 Å². The van der Waals surface area contributed by atoms with Gasteiger partial charge in [-0.15, -0.1) is 0 Å². The van der Waals surface area contributed by atoms with E-state index in [-0.39, 0.29) is 0 Å². The van der Waals surface area contributed by atoms with Gasteiger partial charge in [0.1, 0.15) is 0 Å². The third-order valence-corrected chi connectivity index (χ3v) is 6.87. The van der Waals surface area contributed by atoms with Crippen LogP contribution in [0.5, 0.6) is 0 Å². The summed E-state index contributed by atoms with van der Waals surface area (Å²) in [4.78, 5) is 0. The molecule has 0 aliphatic heterocycles. The molecule has 0 atom stereocenters. The Morgan fingerprint density at radius 2 is 1.78 bits per heavy atom. The van der Waals surface area contributed by atoms with Crippen LogP contribution in [0, 0.1) is 11.3 Å². The molecular formula is C16H17NSn. The summed E-state index contributed by atoms with van der Waals surface area (Å²) < 4.78 is 1.95. The van der Waals surface area contributed by atoms with Gasteiger partial charge in [0.2, 0.25) is 0 Å². The molecule has 0 saturated carbocycles. The summed E-state index contributed by atoms with van der Waals surface area (Å²) >= 11 is -0.651. The van der Waals surface area contributed by atoms with Gasteiger partial charge in [-0.25, -0.2) is 0 Å². The number of benzene rings is 2. The minimum atomic E-state index is -0.651. The number of nitriles is 1. The first-order valence-electron chi connectivity index (χ1n) is 6.17. The van der Waals surface area contributed by atoms with Crippen LogP contribution in [0.1, 0.15) is 26.3 Å². The second-order valence-corrected chi connectivity index (χ2v) is 12.1. The van der Waals surface area contributed by atoms with E-state index >= 15 is 0 Å². The van der Waals surface area contributed by atoms with Gasteiger partial charge in [0.05, 0.1) is 0 Å². The summed E-state index contributed by atoms with van der Waals surface area (Å²) in [5, 5.41) is 11.6. The third kappa shape index (κ3) is 3.05. The van der Waals surface area contributed by atoms with Gasteiger partial charge < -0.3 is 0 Å². The van der Waals surface area contributed by atoms with Crippen LogP contribution in [0.15, 0.2) is 36.4 Å². The van der Waals surface area contributed by atoms with E-state index in [9.17, 15) is 0 Å². The van der Waals surface area contributed by atoms with E-state index in [0.717, 1.165) is 0 Å². The molecule has 0 bridgehead atoms. The summed E-state index contributed by atoms with van der Waals surface area (Å²) in [5.74, 6) is 0. The molecule has 1 nitrogen and oxygen atoms in total. The quantitative estimate of drug-likeness (QED) is 0.767. The minimum absolute atomic E-state index is 0.428. The molecule has 0 amide bonds. The first kappa shape index (κ1) is 13.4. The van der Waals surface area contributed by atoms with Gasteiger partial charge in [0.15, 0.2) is 0 Å². The number of fused-ring (bicyclic) bond motifs is 1. The van der Waals surface area contributed by atoms with E-state index in [1.54, 1.807) is 0 Å². The van der Waals surface area contributed by atoms with Gasteiger partial charge in [-0.05, 0) is 0 Å². The van der Waals surface area contributed by atoms with E-state index < -0.39 is 21.1 Å². The second-order valence-electron chi connectivity index (χ2n) is 5.53. The van der Waals surface area contributed by atoms with Crippen molar-refractivity contribution in [3.8, 4) is 6.07 Å². The van der Waals surface area contributed by atoms with E-state index in [1.165, 1.54) is 19.9 Å². The number of hydrogen-bond acceptors (Lipinski definition) is 1. The predicted octanol–water partition coefficient (Wildman–Crippen LogP) is 3.45. The molecule has 0 saturated heterocycles. The van der Waals surface area contributed by atoms with E-state index in [4.69, 9.17) is 5.26 Å². The van der Waals surface area contributed by atoms with Crippen LogP contribution in [0.3, 0.4) is 0 Å². The van der Waals surface area contributed by atoms with Crippen molar-refractivity contribution >= 4 is 35.5 Å². The summed E-state index contributed by atoms with van der Waals surface area (Å²) in [6, 6.07) is 15.2. The molecule has 2 heteroatoms. The van der Waals surface area contributed by atoms with Gasteiger partial charge in [0.25, 0.3) is 0 Å². The van der Waals surface area contributed by atoms with Crippen molar-refractivity contribution in [2.24, 2.45) is 0 Å². The Labute approximate surface area is 119 Å². The molecular weight excluding hydrogens is 325 g/mol. The number of hydrogen-bond donors (Lipinski definition) is 0. The second kappa shape index (κ2) is 5.32. The SMILES string of the molecule is C[C](C)(C)[Sn][c]1cccc2cccc(CC#N)c12. The zero-order chi connectivity index (χ0) is 13.2. The maximum absolute atomic E-state index is 8.97. The Bertz CT molecular complexity index is 597. The number of rotatable bonds is 2. The fraction of sp³-hybridized carbons (Fsp3) is 0.312. The van der Waals surface area contributed by atoms with Crippen molar-refractivity contribution in [3.05, 3.63) is 42.0 Å². The van der Waals surface area contributed by atoms with Gasteiger partial charge in [-0.1, -0.05) is 0 Å². The maximum atomic E-state index is 8.97. The first-order chi connectivity index (χ1) is 8.51. The fourth-order valence-corrected chi connectivity index (χ4v) is 6.20. The molecule has 0 heterocycles. The Kier molecular flexibility index (Phi) is 3.97. The Morgan fingerprint density at radius 1 is 1.11 bits per heavy atom. The molecule has 0 aliphatic rings. The fourth-order valence-electron chi connectivity index (χ4n) is 2.16. The molecule has 0 N–H and O–H groups in total. The molecule has 90 valence electrons. The third-order valence-electron chi connectivity index (χ3n) is 2.77. The average Bonchev–Trinajstić information content (AvgIpc) is 2.28. The molecule has 2 radical (unpaired) electrons. The molecule has 0 fully saturated rings. The Balaban J connectivity index is 2.63. The summed E-state index contributed by atoms with van der Waals surface area (Å²) in [7, 11) is 0. The van der Waals surface area contributed by atoms with Crippen molar-refractivity contribution in [1.29, 1.82) is 5.26 Å². The van der Waals surface area contributed by atoms with E-state index in [1.807, 2.05) is 0 Å². The van der Waals surface area contributed by atoms with Gasteiger partial charge in [-0.2, -0.15) is 0 Å². The monoisotopic (exact) mass is 343 g/mol. The van der Waals surface area contributed by atoms with Gasteiger partial charge in [0, 0.05) is 0 Å². The summed E-state index contributed by atoms with van der Waals surface area (Å²) in [6.45, 7) is 6.97. The van der Waals surface area contributed by atoms with Crippen molar-refractivity contribution in [1.82, 2.24) is 0 Å². The predicted molar refractivity (Wildman–Crippen MR) is 78.4 cm³/mol. The van der Waals surface area contributed by atoms with Crippen molar-refractivity contribution in [2.45, 2.75) is 30.6 Å². The molecule has 2 aromatic rings. The molecule has 0 aromatic heterocycles. The standard InChI is InChI=1S/C12H8N.C4H9.Sn/c13-9-8-11-6-3-5-10-4-1-2-7-12(10)11;1-4(2)3;/h1-6H,8H2;1-3H3;. The van der Waals surface area contributed by atoms with E-state index in [2.05, 4.69) is 63.2 Å². The number of nitrogens with zero attached hydrogens (tertiary/aromatic N) is 1. The molecule has 0 aliphatic carbocycles. The average molecular weight is 342 g/mol. The van der Waals surface area contributed by atoms with Crippen LogP contribution >= 0.6 is 0 Å². The summed E-state index contributed by atoms with van der Waals surface area (Å²) in [5.41, 5.74) is 1.19. The van der Waals surface area contributed by atoms with Crippen molar-refractivity contribution in [3.63, 3.8) is 0 Å². The Hall–Kier alpha value is -1.01. The van der Waals surface area contributed by atoms with E-state index in [0.29, 0.717) is 9.85 Å². The molecule has 0 spiro atoms. The van der Waals surface area contributed by atoms with Crippen LogP contribution in [0.4, 0.5) is 0 Å².